The second kappa shape index (κ2) is 4.99. The molecule has 1 heterocycles. The Hall–Kier alpha value is -1.54. The Labute approximate surface area is 99.9 Å². The van der Waals surface area contributed by atoms with Gasteiger partial charge in [0.2, 0.25) is 0 Å². The fourth-order valence-electron chi connectivity index (χ4n) is 1.67. The zero-order valence-electron chi connectivity index (χ0n) is 8.98. The number of methoxy groups -OCH3 is 1. The normalized spacial score (nSPS) is 10.1. The standard InChI is InChI=1S/C13H12ClNO/c1-16-12-7-8-15-11(9-14)13(12)10-5-3-2-4-6-10/h2-8H,9H2,1H3. The fourth-order valence-corrected chi connectivity index (χ4v) is 1.87. The van der Waals surface area contributed by atoms with Gasteiger partial charge in [0.1, 0.15) is 5.75 Å². The first-order valence-corrected chi connectivity index (χ1v) is 5.53. The van der Waals surface area contributed by atoms with Crippen LogP contribution in [0.5, 0.6) is 5.75 Å². The van der Waals surface area contributed by atoms with Gasteiger partial charge in [-0.05, 0) is 11.6 Å². The monoisotopic (exact) mass is 233 g/mol. The van der Waals surface area contributed by atoms with Gasteiger partial charge in [0.25, 0.3) is 0 Å². The van der Waals surface area contributed by atoms with Crippen molar-refractivity contribution in [1.29, 1.82) is 0 Å². The number of pyridine rings is 1. The van der Waals surface area contributed by atoms with Crippen molar-refractivity contribution >= 4 is 11.6 Å². The van der Waals surface area contributed by atoms with Crippen LogP contribution in [0.2, 0.25) is 0 Å². The van der Waals surface area contributed by atoms with E-state index in [-0.39, 0.29) is 0 Å². The van der Waals surface area contributed by atoms with Crippen molar-refractivity contribution < 1.29 is 4.74 Å². The van der Waals surface area contributed by atoms with E-state index < -0.39 is 0 Å². The lowest BCUT2D eigenvalue weighted by Crippen LogP contribution is -1.95. The second-order valence-corrected chi connectivity index (χ2v) is 3.60. The molecule has 2 rings (SSSR count). The van der Waals surface area contributed by atoms with E-state index in [1.165, 1.54) is 0 Å². The van der Waals surface area contributed by atoms with Crippen molar-refractivity contribution in [3.63, 3.8) is 0 Å². The van der Waals surface area contributed by atoms with Crippen molar-refractivity contribution in [2.45, 2.75) is 5.88 Å². The smallest absolute Gasteiger partial charge is 0.130 e. The minimum atomic E-state index is 0.376. The highest BCUT2D eigenvalue weighted by Crippen LogP contribution is 2.32. The molecule has 0 fully saturated rings. The lowest BCUT2D eigenvalue weighted by Gasteiger charge is -2.11. The highest BCUT2D eigenvalue weighted by Gasteiger charge is 2.11. The Morgan fingerprint density at radius 2 is 1.94 bits per heavy atom. The zero-order chi connectivity index (χ0) is 11.4. The summed E-state index contributed by atoms with van der Waals surface area (Å²) in [5.74, 6) is 1.18. The summed E-state index contributed by atoms with van der Waals surface area (Å²) in [6, 6.07) is 11.8. The average Bonchev–Trinajstić information content (AvgIpc) is 2.38. The summed E-state index contributed by atoms with van der Waals surface area (Å²) in [7, 11) is 1.65. The number of hydrogen-bond donors (Lipinski definition) is 0. The quantitative estimate of drug-likeness (QED) is 0.757. The average molecular weight is 234 g/mol. The number of halogens is 1. The summed E-state index contributed by atoms with van der Waals surface area (Å²) in [4.78, 5) is 4.27. The van der Waals surface area contributed by atoms with Gasteiger partial charge in [-0.1, -0.05) is 30.3 Å². The zero-order valence-corrected chi connectivity index (χ0v) is 9.74. The number of aromatic nitrogens is 1. The molecule has 0 bridgehead atoms. The van der Waals surface area contributed by atoms with Crippen LogP contribution in [0.25, 0.3) is 11.1 Å². The molecule has 0 aliphatic rings. The van der Waals surface area contributed by atoms with E-state index >= 15 is 0 Å². The molecule has 3 heteroatoms. The van der Waals surface area contributed by atoms with Crippen molar-refractivity contribution in [2.24, 2.45) is 0 Å². The van der Waals surface area contributed by atoms with Crippen LogP contribution in [0.15, 0.2) is 42.6 Å². The molecule has 1 aromatic carbocycles. The first-order valence-electron chi connectivity index (χ1n) is 5.00. The van der Waals surface area contributed by atoms with Crippen LogP contribution < -0.4 is 4.74 Å². The van der Waals surface area contributed by atoms with E-state index in [1.54, 1.807) is 13.3 Å². The van der Waals surface area contributed by atoms with E-state index in [0.29, 0.717) is 5.88 Å². The van der Waals surface area contributed by atoms with Gasteiger partial charge in [0.15, 0.2) is 0 Å². The third-order valence-electron chi connectivity index (χ3n) is 2.40. The maximum absolute atomic E-state index is 5.89. The number of hydrogen-bond acceptors (Lipinski definition) is 2. The summed E-state index contributed by atoms with van der Waals surface area (Å²) >= 11 is 5.89. The minimum Gasteiger partial charge on any atom is -0.496 e. The van der Waals surface area contributed by atoms with E-state index in [1.807, 2.05) is 36.4 Å². The number of benzene rings is 1. The van der Waals surface area contributed by atoms with Gasteiger partial charge < -0.3 is 4.74 Å². The Bertz CT molecular complexity index is 448. The fraction of sp³-hybridized carbons (Fsp3) is 0.154. The topological polar surface area (TPSA) is 22.1 Å². The largest absolute Gasteiger partial charge is 0.496 e. The summed E-state index contributed by atoms with van der Waals surface area (Å²) < 4.78 is 5.34. The van der Waals surface area contributed by atoms with Crippen molar-refractivity contribution in [3.8, 4) is 16.9 Å². The predicted molar refractivity (Wildman–Crippen MR) is 65.8 cm³/mol. The Morgan fingerprint density at radius 3 is 2.56 bits per heavy atom. The van der Waals surface area contributed by atoms with E-state index in [9.17, 15) is 0 Å². The summed E-state index contributed by atoms with van der Waals surface area (Å²) in [6.45, 7) is 0. The molecule has 0 saturated heterocycles. The number of ether oxygens (including phenoxy) is 1. The molecule has 2 aromatic rings. The molecule has 0 aliphatic heterocycles. The van der Waals surface area contributed by atoms with Crippen LogP contribution in [0, 0.1) is 0 Å². The third kappa shape index (κ3) is 2.02. The SMILES string of the molecule is COc1ccnc(CCl)c1-c1ccccc1. The van der Waals surface area contributed by atoms with E-state index in [4.69, 9.17) is 16.3 Å². The van der Waals surface area contributed by atoms with Crippen LogP contribution in [0.3, 0.4) is 0 Å². The molecule has 16 heavy (non-hydrogen) atoms. The molecule has 0 radical (unpaired) electrons. The lowest BCUT2D eigenvalue weighted by atomic mass is 10.0. The van der Waals surface area contributed by atoms with Crippen LogP contribution in [0.4, 0.5) is 0 Å². The maximum atomic E-state index is 5.89. The van der Waals surface area contributed by atoms with Gasteiger partial charge >= 0.3 is 0 Å². The van der Waals surface area contributed by atoms with Gasteiger partial charge in [0, 0.05) is 11.8 Å². The van der Waals surface area contributed by atoms with Crippen molar-refractivity contribution in [2.75, 3.05) is 7.11 Å². The second-order valence-electron chi connectivity index (χ2n) is 3.33. The van der Waals surface area contributed by atoms with E-state index in [0.717, 1.165) is 22.6 Å². The number of rotatable bonds is 3. The highest BCUT2D eigenvalue weighted by molar-refractivity contribution is 6.17. The number of nitrogens with zero attached hydrogens (tertiary/aromatic N) is 1. The molecule has 0 saturated carbocycles. The van der Waals surface area contributed by atoms with Crippen LogP contribution >= 0.6 is 11.6 Å². The molecule has 0 aliphatic carbocycles. The molecule has 2 nitrogen and oxygen atoms in total. The molecule has 0 unspecified atom stereocenters. The molecule has 1 aromatic heterocycles. The van der Waals surface area contributed by atoms with Gasteiger partial charge in [-0.15, -0.1) is 11.6 Å². The molecule has 0 atom stereocenters. The van der Waals surface area contributed by atoms with Gasteiger partial charge in [0.05, 0.1) is 18.7 Å². The molecule has 82 valence electrons. The summed E-state index contributed by atoms with van der Waals surface area (Å²) in [6.07, 6.45) is 1.71. The first kappa shape index (κ1) is 11.0. The van der Waals surface area contributed by atoms with Crippen LogP contribution in [-0.4, -0.2) is 12.1 Å². The Kier molecular flexibility index (Phi) is 3.42. The Balaban J connectivity index is 2.62. The van der Waals surface area contributed by atoms with Gasteiger partial charge in [-0.25, -0.2) is 0 Å². The summed E-state index contributed by atoms with van der Waals surface area (Å²) in [5, 5.41) is 0. The van der Waals surface area contributed by atoms with Gasteiger partial charge in [-0.2, -0.15) is 0 Å². The van der Waals surface area contributed by atoms with Crippen LogP contribution in [0.1, 0.15) is 5.69 Å². The third-order valence-corrected chi connectivity index (χ3v) is 2.65. The highest BCUT2D eigenvalue weighted by atomic mass is 35.5. The lowest BCUT2D eigenvalue weighted by molar-refractivity contribution is 0.415. The van der Waals surface area contributed by atoms with Gasteiger partial charge in [-0.3, -0.25) is 4.98 Å². The van der Waals surface area contributed by atoms with E-state index in [2.05, 4.69) is 4.98 Å². The molecule has 0 amide bonds. The minimum absolute atomic E-state index is 0.376. The molecule has 0 spiro atoms. The number of alkyl halides is 1. The Morgan fingerprint density at radius 1 is 1.19 bits per heavy atom. The summed E-state index contributed by atoms with van der Waals surface area (Å²) in [5.41, 5.74) is 2.89. The molecule has 0 N–H and O–H groups in total. The molecular formula is C13H12ClNO. The van der Waals surface area contributed by atoms with Crippen molar-refractivity contribution in [1.82, 2.24) is 4.98 Å². The first-order chi connectivity index (χ1) is 7.86. The predicted octanol–water partition coefficient (Wildman–Crippen LogP) is 3.50. The molecular weight excluding hydrogens is 222 g/mol. The van der Waals surface area contributed by atoms with Crippen LogP contribution in [-0.2, 0) is 5.88 Å². The van der Waals surface area contributed by atoms with Crippen molar-refractivity contribution in [3.05, 3.63) is 48.3 Å². The maximum Gasteiger partial charge on any atom is 0.130 e.